The Hall–Kier alpha value is -0.0800. The molecular formula is C14H30N2. The average Bonchev–Trinajstić information content (AvgIpc) is 2.92. The highest BCUT2D eigenvalue weighted by Gasteiger charge is 2.33. The van der Waals surface area contributed by atoms with Crippen LogP contribution in [-0.2, 0) is 0 Å². The molecule has 1 saturated carbocycles. The molecule has 0 saturated heterocycles. The van der Waals surface area contributed by atoms with Gasteiger partial charge in [0.1, 0.15) is 0 Å². The molecular weight excluding hydrogens is 196 g/mol. The van der Waals surface area contributed by atoms with Gasteiger partial charge in [-0.05, 0) is 31.2 Å². The van der Waals surface area contributed by atoms with Crippen LogP contribution in [0.1, 0.15) is 47.5 Å². The van der Waals surface area contributed by atoms with Gasteiger partial charge in [-0.3, -0.25) is 4.90 Å². The smallest absolute Gasteiger partial charge is 0.0240 e. The van der Waals surface area contributed by atoms with Crippen molar-refractivity contribution in [1.29, 1.82) is 0 Å². The average molecular weight is 226 g/mol. The molecule has 0 spiro atoms. The fourth-order valence-electron chi connectivity index (χ4n) is 2.31. The summed E-state index contributed by atoms with van der Waals surface area (Å²) in [5.74, 6) is 0.776. The van der Waals surface area contributed by atoms with Crippen molar-refractivity contribution in [2.75, 3.05) is 20.1 Å². The van der Waals surface area contributed by atoms with Crippen molar-refractivity contribution in [3.8, 4) is 0 Å². The van der Waals surface area contributed by atoms with E-state index in [-0.39, 0.29) is 0 Å². The summed E-state index contributed by atoms with van der Waals surface area (Å²) in [6.45, 7) is 14.1. The summed E-state index contributed by atoms with van der Waals surface area (Å²) in [4.78, 5) is 2.69. The van der Waals surface area contributed by atoms with Gasteiger partial charge in [0.2, 0.25) is 0 Å². The minimum absolute atomic E-state index is 0.346. The van der Waals surface area contributed by atoms with E-state index in [2.05, 4.69) is 51.9 Å². The van der Waals surface area contributed by atoms with Crippen LogP contribution in [0.25, 0.3) is 0 Å². The highest BCUT2D eigenvalue weighted by molar-refractivity contribution is 4.90. The molecule has 96 valence electrons. The number of likely N-dealkylation sites (N-methyl/N-ethyl adjacent to an activating group) is 1. The van der Waals surface area contributed by atoms with E-state index in [1.807, 2.05) is 0 Å². The summed E-state index contributed by atoms with van der Waals surface area (Å²) in [5, 5.41) is 3.49. The fraction of sp³-hybridized carbons (Fsp3) is 1.00. The Labute approximate surface area is 102 Å². The van der Waals surface area contributed by atoms with E-state index >= 15 is 0 Å². The second-order valence-electron chi connectivity index (χ2n) is 6.79. The molecule has 1 aliphatic rings. The van der Waals surface area contributed by atoms with Crippen LogP contribution in [-0.4, -0.2) is 37.1 Å². The molecule has 1 N–H and O–H groups in total. The minimum Gasteiger partial charge on any atom is -0.315 e. The molecule has 0 heterocycles. The van der Waals surface area contributed by atoms with Crippen LogP contribution in [0.3, 0.4) is 0 Å². The molecule has 1 unspecified atom stereocenters. The Morgan fingerprint density at radius 2 is 1.75 bits per heavy atom. The third kappa shape index (κ3) is 4.42. The van der Waals surface area contributed by atoms with Gasteiger partial charge < -0.3 is 5.32 Å². The van der Waals surface area contributed by atoms with Gasteiger partial charge in [0.25, 0.3) is 0 Å². The van der Waals surface area contributed by atoms with Crippen molar-refractivity contribution in [3.63, 3.8) is 0 Å². The molecule has 0 aromatic rings. The normalized spacial score (nSPS) is 19.5. The molecule has 0 radical (unpaired) electrons. The van der Waals surface area contributed by atoms with Gasteiger partial charge in [-0.1, -0.05) is 34.6 Å². The summed E-state index contributed by atoms with van der Waals surface area (Å²) in [7, 11) is 2.09. The molecule has 2 nitrogen and oxygen atoms in total. The van der Waals surface area contributed by atoms with Crippen LogP contribution in [0.5, 0.6) is 0 Å². The van der Waals surface area contributed by atoms with Gasteiger partial charge >= 0.3 is 0 Å². The fourth-order valence-corrected chi connectivity index (χ4v) is 2.31. The molecule has 1 aliphatic carbocycles. The second-order valence-corrected chi connectivity index (χ2v) is 6.79. The van der Waals surface area contributed by atoms with Crippen LogP contribution < -0.4 is 5.32 Å². The molecule has 0 amide bonds. The molecule has 1 rings (SSSR count). The van der Waals surface area contributed by atoms with E-state index in [1.54, 1.807) is 0 Å². The van der Waals surface area contributed by atoms with E-state index in [0.29, 0.717) is 11.5 Å². The van der Waals surface area contributed by atoms with Crippen LogP contribution in [0.15, 0.2) is 0 Å². The predicted molar refractivity (Wildman–Crippen MR) is 71.7 cm³/mol. The maximum Gasteiger partial charge on any atom is 0.0240 e. The lowest BCUT2D eigenvalue weighted by atomic mass is 9.86. The molecule has 16 heavy (non-hydrogen) atoms. The van der Waals surface area contributed by atoms with Gasteiger partial charge in [-0.15, -0.1) is 0 Å². The molecule has 0 aromatic heterocycles. The lowest BCUT2D eigenvalue weighted by Gasteiger charge is -2.36. The zero-order valence-corrected chi connectivity index (χ0v) is 12.0. The van der Waals surface area contributed by atoms with Crippen molar-refractivity contribution >= 4 is 0 Å². The quantitative estimate of drug-likeness (QED) is 0.749. The number of hydrogen-bond donors (Lipinski definition) is 1. The second kappa shape index (κ2) is 5.50. The van der Waals surface area contributed by atoms with Gasteiger partial charge in [0, 0.05) is 25.2 Å². The van der Waals surface area contributed by atoms with Crippen LogP contribution in [0.2, 0.25) is 0 Å². The number of hydrogen-bond acceptors (Lipinski definition) is 2. The number of nitrogens with one attached hydrogen (secondary N) is 1. The van der Waals surface area contributed by atoms with Gasteiger partial charge in [0.15, 0.2) is 0 Å². The molecule has 1 atom stereocenters. The predicted octanol–water partition coefficient (Wildman–Crippen LogP) is 2.74. The molecule has 1 fully saturated rings. The maximum atomic E-state index is 3.49. The zero-order valence-electron chi connectivity index (χ0n) is 12.0. The lowest BCUT2D eigenvalue weighted by molar-refractivity contribution is 0.159. The number of nitrogens with zero attached hydrogens (tertiary/aromatic N) is 1. The molecule has 0 aliphatic heterocycles. The minimum atomic E-state index is 0.346. The Morgan fingerprint density at radius 1 is 1.19 bits per heavy atom. The largest absolute Gasteiger partial charge is 0.315 e. The van der Waals surface area contributed by atoms with Crippen LogP contribution in [0, 0.1) is 11.3 Å². The Kier molecular flexibility index (Phi) is 4.81. The summed E-state index contributed by atoms with van der Waals surface area (Å²) in [6, 6.07) is 1.47. The SMILES string of the molecule is CNC(CN(CC(C)C)C1CC1)C(C)(C)C. The van der Waals surface area contributed by atoms with Crippen molar-refractivity contribution in [2.45, 2.75) is 59.5 Å². The lowest BCUT2D eigenvalue weighted by Crippen LogP contribution is -2.48. The maximum absolute atomic E-state index is 3.49. The summed E-state index contributed by atoms with van der Waals surface area (Å²) < 4.78 is 0. The zero-order chi connectivity index (χ0) is 12.3. The first kappa shape index (κ1) is 14.0. The first-order valence-electron chi connectivity index (χ1n) is 6.76. The van der Waals surface area contributed by atoms with E-state index in [0.717, 1.165) is 12.0 Å². The molecule has 0 bridgehead atoms. The van der Waals surface area contributed by atoms with Crippen molar-refractivity contribution in [1.82, 2.24) is 10.2 Å². The van der Waals surface area contributed by atoms with Gasteiger partial charge in [0.05, 0.1) is 0 Å². The van der Waals surface area contributed by atoms with E-state index in [4.69, 9.17) is 0 Å². The van der Waals surface area contributed by atoms with E-state index in [1.165, 1.54) is 25.9 Å². The highest BCUT2D eigenvalue weighted by Crippen LogP contribution is 2.29. The summed E-state index contributed by atoms with van der Waals surface area (Å²) in [6.07, 6.45) is 2.82. The summed E-state index contributed by atoms with van der Waals surface area (Å²) in [5.41, 5.74) is 0.346. The molecule has 0 aromatic carbocycles. The van der Waals surface area contributed by atoms with Gasteiger partial charge in [-0.25, -0.2) is 0 Å². The Balaban J connectivity index is 2.52. The third-order valence-electron chi connectivity index (χ3n) is 3.47. The first-order chi connectivity index (χ1) is 7.34. The Bertz CT molecular complexity index is 201. The van der Waals surface area contributed by atoms with Gasteiger partial charge in [-0.2, -0.15) is 0 Å². The van der Waals surface area contributed by atoms with Crippen LogP contribution in [0.4, 0.5) is 0 Å². The summed E-state index contributed by atoms with van der Waals surface area (Å²) >= 11 is 0. The monoisotopic (exact) mass is 226 g/mol. The third-order valence-corrected chi connectivity index (χ3v) is 3.47. The van der Waals surface area contributed by atoms with Crippen LogP contribution >= 0.6 is 0 Å². The standard InChI is InChI=1S/C14H30N2/c1-11(2)9-16(12-7-8-12)10-13(15-6)14(3,4)5/h11-13,15H,7-10H2,1-6H3. The Morgan fingerprint density at radius 3 is 2.06 bits per heavy atom. The topological polar surface area (TPSA) is 15.3 Å². The first-order valence-corrected chi connectivity index (χ1v) is 6.76. The highest BCUT2D eigenvalue weighted by atomic mass is 15.2. The van der Waals surface area contributed by atoms with E-state index in [9.17, 15) is 0 Å². The molecule has 2 heteroatoms. The van der Waals surface area contributed by atoms with Crippen molar-refractivity contribution in [2.24, 2.45) is 11.3 Å². The van der Waals surface area contributed by atoms with E-state index < -0.39 is 0 Å². The van der Waals surface area contributed by atoms with Crippen molar-refractivity contribution in [3.05, 3.63) is 0 Å². The number of rotatable bonds is 6. The van der Waals surface area contributed by atoms with Crippen molar-refractivity contribution < 1.29 is 0 Å².